The number of halogens is 3. The van der Waals surface area contributed by atoms with Crippen molar-refractivity contribution < 1.29 is 4.79 Å². The monoisotopic (exact) mass is 300 g/mol. The molecule has 1 saturated heterocycles. The van der Waals surface area contributed by atoms with E-state index in [0.717, 1.165) is 13.1 Å². The lowest BCUT2D eigenvalue weighted by Gasteiger charge is -2.26. The largest absolute Gasteiger partial charge is 0.352 e. The first-order valence-corrected chi connectivity index (χ1v) is 6.18. The predicted molar refractivity (Wildman–Crippen MR) is 70.3 cm³/mol. The zero-order valence-corrected chi connectivity index (χ0v) is 11.4. The molecule has 1 fully saturated rings. The van der Waals surface area contributed by atoms with Crippen LogP contribution in [-0.2, 0) is 0 Å². The number of amides is 1. The molecule has 2 rings (SSSR count). The molecule has 0 aliphatic carbocycles. The maximum atomic E-state index is 11.7. The van der Waals surface area contributed by atoms with Gasteiger partial charge in [0.05, 0.1) is 9.90 Å². The van der Waals surface area contributed by atoms with Crippen LogP contribution in [0.2, 0.25) is 8.67 Å². The van der Waals surface area contributed by atoms with Crippen LogP contribution in [0.15, 0.2) is 6.07 Å². The van der Waals surface area contributed by atoms with Gasteiger partial charge in [0.15, 0.2) is 0 Å². The van der Waals surface area contributed by atoms with Crippen LogP contribution in [0.5, 0.6) is 0 Å². The second-order valence-electron chi connectivity index (χ2n) is 3.47. The van der Waals surface area contributed by atoms with Crippen molar-refractivity contribution >= 4 is 52.9 Å². The Labute approximate surface area is 114 Å². The minimum atomic E-state index is -0.143. The van der Waals surface area contributed by atoms with E-state index in [1.54, 1.807) is 6.07 Å². The van der Waals surface area contributed by atoms with E-state index < -0.39 is 0 Å². The molecular formula is C9H11Cl3N2OS. The van der Waals surface area contributed by atoms with Gasteiger partial charge in [-0.2, -0.15) is 0 Å². The minimum Gasteiger partial charge on any atom is -0.352 e. The molecule has 1 aliphatic heterocycles. The summed E-state index contributed by atoms with van der Waals surface area (Å²) in [4.78, 5) is 11.7. The summed E-state index contributed by atoms with van der Waals surface area (Å²) in [5, 5.41) is 5.98. The molecule has 90 valence electrons. The summed E-state index contributed by atoms with van der Waals surface area (Å²) in [6.45, 7) is 2.63. The fourth-order valence-corrected chi connectivity index (χ4v) is 2.78. The van der Waals surface area contributed by atoms with Gasteiger partial charge in [-0.25, -0.2) is 0 Å². The van der Waals surface area contributed by atoms with Crippen molar-refractivity contribution in [1.82, 2.24) is 10.6 Å². The average Bonchev–Trinajstić information content (AvgIpc) is 2.42. The van der Waals surface area contributed by atoms with Crippen LogP contribution in [0.4, 0.5) is 0 Å². The number of hydrogen-bond donors (Lipinski definition) is 2. The van der Waals surface area contributed by atoms with Crippen LogP contribution >= 0.6 is 46.9 Å². The van der Waals surface area contributed by atoms with E-state index in [9.17, 15) is 4.79 Å². The predicted octanol–water partition coefficient (Wildman–Crippen LogP) is 2.43. The van der Waals surface area contributed by atoms with Gasteiger partial charge in [-0.05, 0) is 6.07 Å². The highest BCUT2D eigenvalue weighted by molar-refractivity contribution is 7.20. The summed E-state index contributed by atoms with van der Waals surface area (Å²) in [7, 11) is 0. The van der Waals surface area contributed by atoms with Gasteiger partial charge in [-0.3, -0.25) is 4.79 Å². The Bertz CT molecular complexity index is 379. The standard InChI is InChI=1S/C9H10Cl2N2OS.ClH/c10-7-1-6(8(11)15-7)9(14)13-4-5-2-12-3-5;/h1,5,12H,2-4H2,(H,13,14);1H. The van der Waals surface area contributed by atoms with E-state index in [2.05, 4.69) is 10.6 Å². The van der Waals surface area contributed by atoms with Crippen molar-refractivity contribution in [3.05, 3.63) is 20.3 Å². The highest BCUT2D eigenvalue weighted by atomic mass is 35.5. The molecule has 1 amide bonds. The molecular weight excluding hydrogens is 291 g/mol. The van der Waals surface area contributed by atoms with E-state index in [0.29, 0.717) is 26.7 Å². The second-order valence-corrected chi connectivity index (χ2v) is 5.76. The number of thiophene rings is 1. The maximum absolute atomic E-state index is 11.7. The second kappa shape index (κ2) is 6.07. The fourth-order valence-electron chi connectivity index (χ4n) is 1.32. The van der Waals surface area contributed by atoms with E-state index in [1.165, 1.54) is 11.3 Å². The number of hydrogen-bond acceptors (Lipinski definition) is 3. The topological polar surface area (TPSA) is 41.1 Å². The Kier molecular flexibility index (Phi) is 5.34. The normalized spacial score (nSPS) is 15.1. The lowest BCUT2D eigenvalue weighted by Crippen LogP contribution is -2.48. The average molecular weight is 302 g/mol. The van der Waals surface area contributed by atoms with Crippen LogP contribution in [0.25, 0.3) is 0 Å². The SMILES string of the molecule is Cl.O=C(NCC1CNC1)c1cc(Cl)sc1Cl. The Hall–Kier alpha value is -0.0000000000000000555. The van der Waals surface area contributed by atoms with Crippen LogP contribution in [-0.4, -0.2) is 25.5 Å². The van der Waals surface area contributed by atoms with Crippen molar-refractivity contribution in [3.8, 4) is 0 Å². The van der Waals surface area contributed by atoms with Gasteiger partial charge in [0.25, 0.3) is 5.91 Å². The van der Waals surface area contributed by atoms with Gasteiger partial charge in [0.1, 0.15) is 4.34 Å². The highest BCUT2D eigenvalue weighted by Gasteiger charge is 2.19. The summed E-state index contributed by atoms with van der Waals surface area (Å²) in [5.74, 6) is 0.400. The molecule has 7 heteroatoms. The zero-order chi connectivity index (χ0) is 10.8. The highest BCUT2D eigenvalue weighted by Crippen LogP contribution is 2.30. The third kappa shape index (κ3) is 3.25. The molecule has 0 radical (unpaired) electrons. The van der Waals surface area contributed by atoms with Crippen molar-refractivity contribution in [2.24, 2.45) is 5.92 Å². The molecule has 1 aliphatic rings. The molecule has 1 aromatic heterocycles. The quantitative estimate of drug-likeness (QED) is 0.900. The third-order valence-corrected chi connectivity index (χ3v) is 3.81. The maximum Gasteiger partial charge on any atom is 0.253 e. The molecule has 2 heterocycles. The first-order valence-electron chi connectivity index (χ1n) is 4.60. The first-order chi connectivity index (χ1) is 7.16. The first kappa shape index (κ1) is 14.1. The molecule has 0 aromatic carbocycles. The van der Waals surface area contributed by atoms with E-state index >= 15 is 0 Å². The molecule has 0 spiro atoms. The number of carbonyl (C=O) groups is 1. The molecule has 16 heavy (non-hydrogen) atoms. The molecule has 2 N–H and O–H groups in total. The van der Waals surface area contributed by atoms with Crippen molar-refractivity contribution in [2.75, 3.05) is 19.6 Å². The van der Waals surface area contributed by atoms with Crippen molar-refractivity contribution in [2.45, 2.75) is 0 Å². The summed E-state index contributed by atoms with van der Waals surface area (Å²) < 4.78 is 0.986. The number of nitrogens with one attached hydrogen (secondary N) is 2. The Morgan fingerprint density at radius 3 is 2.69 bits per heavy atom. The number of rotatable bonds is 3. The zero-order valence-electron chi connectivity index (χ0n) is 8.26. The minimum absolute atomic E-state index is 0. The fraction of sp³-hybridized carbons (Fsp3) is 0.444. The van der Waals surface area contributed by atoms with Gasteiger partial charge < -0.3 is 10.6 Å². The Morgan fingerprint density at radius 1 is 1.56 bits per heavy atom. The lowest BCUT2D eigenvalue weighted by molar-refractivity contribution is 0.0943. The van der Waals surface area contributed by atoms with Gasteiger partial charge >= 0.3 is 0 Å². The summed E-state index contributed by atoms with van der Waals surface area (Å²) in [6, 6.07) is 1.60. The summed E-state index contributed by atoms with van der Waals surface area (Å²) >= 11 is 12.8. The number of carbonyl (C=O) groups excluding carboxylic acids is 1. The molecule has 0 atom stereocenters. The Morgan fingerprint density at radius 2 is 2.25 bits per heavy atom. The van der Waals surface area contributed by atoms with Gasteiger partial charge in [0.2, 0.25) is 0 Å². The van der Waals surface area contributed by atoms with E-state index in [-0.39, 0.29) is 18.3 Å². The molecule has 3 nitrogen and oxygen atoms in total. The van der Waals surface area contributed by atoms with Crippen molar-refractivity contribution in [1.29, 1.82) is 0 Å². The molecule has 0 unspecified atom stereocenters. The van der Waals surface area contributed by atoms with Crippen LogP contribution in [0.1, 0.15) is 10.4 Å². The smallest absolute Gasteiger partial charge is 0.253 e. The lowest BCUT2D eigenvalue weighted by atomic mass is 10.0. The molecule has 0 bridgehead atoms. The van der Waals surface area contributed by atoms with E-state index in [4.69, 9.17) is 23.2 Å². The van der Waals surface area contributed by atoms with Gasteiger partial charge in [0, 0.05) is 25.6 Å². The summed E-state index contributed by atoms with van der Waals surface area (Å²) in [6.07, 6.45) is 0. The van der Waals surface area contributed by atoms with Crippen LogP contribution in [0, 0.1) is 5.92 Å². The molecule has 1 aromatic rings. The van der Waals surface area contributed by atoms with Crippen molar-refractivity contribution in [3.63, 3.8) is 0 Å². The summed E-state index contributed by atoms with van der Waals surface area (Å²) in [5.41, 5.74) is 0.471. The van der Waals surface area contributed by atoms with Crippen LogP contribution < -0.4 is 10.6 Å². The third-order valence-electron chi connectivity index (χ3n) is 2.32. The van der Waals surface area contributed by atoms with Gasteiger partial charge in [-0.1, -0.05) is 23.2 Å². The molecule has 0 saturated carbocycles. The van der Waals surface area contributed by atoms with Crippen LogP contribution in [0.3, 0.4) is 0 Å². The van der Waals surface area contributed by atoms with E-state index in [1.807, 2.05) is 0 Å². The Balaban J connectivity index is 0.00000128. The van der Waals surface area contributed by atoms with Gasteiger partial charge in [-0.15, -0.1) is 23.7 Å².